The summed E-state index contributed by atoms with van der Waals surface area (Å²) in [7, 11) is 2.19. The van der Waals surface area contributed by atoms with Crippen LogP contribution in [0.25, 0.3) is 11.1 Å². The van der Waals surface area contributed by atoms with E-state index >= 15 is 0 Å². The van der Waals surface area contributed by atoms with Gasteiger partial charge in [0.05, 0.1) is 5.69 Å². The van der Waals surface area contributed by atoms with Gasteiger partial charge in [-0.05, 0) is 56.1 Å². The van der Waals surface area contributed by atoms with Crippen LogP contribution >= 0.6 is 0 Å². The number of aryl methyl sites for hydroxylation is 1. The zero-order chi connectivity index (χ0) is 24.2. The number of piperazine rings is 1. The lowest BCUT2D eigenvalue weighted by Gasteiger charge is -2.32. The molecule has 0 spiro atoms. The number of benzene rings is 1. The molecule has 6 heteroatoms. The molecule has 0 unspecified atom stereocenters. The smallest absolute Gasteiger partial charge is 0.227 e. The molecule has 2 aromatic rings. The minimum Gasteiger partial charge on any atom is -0.330 e. The van der Waals surface area contributed by atoms with Crippen molar-refractivity contribution in [1.82, 2.24) is 19.8 Å². The van der Waals surface area contributed by atoms with Gasteiger partial charge in [-0.25, -0.2) is 9.97 Å². The number of allylic oxidation sites excluding steroid dienone is 3. The van der Waals surface area contributed by atoms with Gasteiger partial charge < -0.3 is 16.0 Å². The highest BCUT2D eigenvalue weighted by Gasteiger charge is 2.14. The first-order valence-corrected chi connectivity index (χ1v) is 12.4. The fourth-order valence-corrected chi connectivity index (χ4v) is 4.17. The molecule has 1 fully saturated rings. The van der Waals surface area contributed by atoms with Gasteiger partial charge in [-0.15, -0.1) is 0 Å². The summed E-state index contributed by atoms with van der Waals surface area (Å²) in [4.78, 5) is 14.4. The Morgan fingerprint density at radius 3 is 2.47 bits per heavy atom. The molecule has 34 heavy (non-hydrogen) atoms. The molecular formula is C28H40N6. The van der Waals surface area contributed by atoms with Crippen molar-refractivity contribution in [1.29, 1.82) is 0 Å². The van der Waals surface area contributed by atoms with Gasteiger partial charge in [0.1, 0.15) is 0 Å². The second-order valence-electron chi connectivity index (χ2n) is 8.97. The van der Waals surface area contributed by atoms with E-state index in [2.05, 4.69) is 64.6 Å². The van der Waals surface area contributed by atoms with Crippen molar-refractivity contribution in [3.63, 3.8) is 0 Å². The number of aromatic nitrogens is 2. The summed E-state index contributed by atoms with van der Waals surface area (Å²) in [5.41, 5.74) is 11.2. The standard InChI is InChI=1S/C28H40N6/c1-4-10-25(5-2)31-28-30-21-26(27(32-28)11-8-6-7-9-16-29)24-14-12-23(13-15-24)22-34-19-17-33(3)18-20-34/h4-5,10,12-15,21H,1-2,6-9,11,16-20,22,29H2,3H3,(H,30,31,32)/b25-10+. The maximum atomic E-state index is 5.65. The number of hydrogen-bond acceptors (Lipinski definition) is 6. The number of likely N-dealkylation sites (N-methyl/N-ethyl adjacent to an activating group) is 1. The highest BCUT2D eigenvalue weighted by atomic mass is 15.2. The molecule has 3 N–H and O–H groups in total. The van der Waals surface area contributed by atoms with Gasteiger partial charge in [0.25, 0.3) is 0 Å². The zero-order valence-electron chi connectivity index (χ0n) is 20.7. The Balaban J connectivity index is 1.75. The lowest BCUT2D eigenvalue weighted by Crippen LogP contribution is -2.43. The molecule has 1 aromatic heterocycles. The van der Waals surface area contributed by atoms with E-state index in [1.54, 1.807) is 12.2 Å². The van der Waals surface area contributed by atoms with Crippen LogP contribution in [0.1, 0.15) is 36.9 Å². The summed E-state index contributed by atoms with van der Waals surface area (Å²) in [6, 6.07) is 8.91. The molecule has 0 aliphatic carbocycles. The van der Waals surface area contributed by atoms with E-state index in [-0.39, 0.29) is 0 Å². The molecule has 0 bridgehead atoms. The van der Waals surface area contributed by atoms with E-state index in [4.69, 9.17) is 10.7 Å². The summed E-state index contributed by atoms with van der Waals surface area (Å²) in [6.45, 7) is 13.9. The van der Waals surface area contributed by atoms with Crippen molar-refractivity contribution in [3.05, 3.63) is 78.8 Å². The van der Waals surface area contributed by atoms with Crippen LogP contribution in [0, 0.1) is 0 Å². The van der Waals surface area contributed by atoms with Gasteiger partial charge >= 0.3 is 0 Å². The topological polar surface area (TPSA) is 70.3 Å². The van der Waals surface area contributed by atoms with Crippen molar-refractivity contribution in [2.45, 2.75) is 38.6 Å². The lowest BCUT2D eigenvalue weighted by molar-refractivity contribution is 0.148. The third-order valence-electron chi connectivity index (χ3n) is 6.28. The molecule has 1 saturated heterocycles. The second kappa shape index (κ2) is 13.8. The molecule has 0 radical (unpaired) electrons. The molecular weight excluding hydrogens is 420 g/mol. The molecule has 0 amide bonds. The van der Waals surface area contributed by atoms with Crippen molar-refractivity contribution in [3.8, 4) is 11.1 Å². The minimum absolute atomic E-state index is 0.584. The van der Waals surface area contributed by atoms with Crippen LogP contribution in [0.5, 0.6) is 0 Å². The summed E-state index contributed by atoms with van der Waals surface area (Å²) < 4.78 is 0. The molecule has 1 aromatic carbocycles. The van der Waals surface area contributed by atoms with Crippen LogP contribution in [-0.2, 0) is 13.0 Å². The second-order valence-corrected chi connectivity index (χ2v) is 8.97. The normalized spacial score (nSPS) is 15.3. The monoisotopic (exact) mass is 460 g/mol. The molecule has 2 heterocycles. The van der Waals surface area contributed by atoms with E-state index in [0.29, 0.717) is 5.95 Å². The van der Waals surface area contributed by atoms with E-state index in [9.17, 15) is 0 Å². The maximum absolute atomic E-state index is 5.65. The minimum atomic E-state index is 0.584. The Bertz CT molecular complexity index is 942. The lowest BCUT2D eigenvalue weighted by atomic mass is 10.00. The van der Waals surface area contributed by atoms with Gasteiger partial charge in [-0.2, -0.15) is 0 Å². The van der Waals surface area contributed by atoms with Crippen LogP contribution < -0.4 is 11.1 Å². The largest absolute Gasteiger partial charge is 0.330 e. The van der Waals surface area contributed by atoms with Crippen molar-refractivity contribution < 1.29 is 0 Å². The number of nitrogens with one attached hydrogen (secondary N) is 1. The quantitative estimate of drug-likeness (QED) is 0.336. The van der Waals surface area contributed by atoms with Crippen molar-refractivity contribution in [2.75, 3.05) is 45.1 Å². The van der Waals surface area contributed by atoms with E-state index in [1.165, 1.54) is 5.56 Å². The third-order valence-corrected chi connectivity index (χ3v) is 6.28. The molecule has 1 aliphatic heterocycles. The van der Waals surface area contributed by atoms with E-state index < -0.39 is 0 Å². The fourth-order valence-electron chi connectivity index (χ4n) is 4.17. The summed E-state index contributed by atoms with van der Waals surface area (Å²) in [5.74, 6) is 0.584. The predicted molar refractivity (Wildman–Crippen MR) is 144 cm³/mol. The van der Waals surface area contributed by atoms with Gasteiger partial charge in [0, 0.05) is 50.2 Å². The van der Waals surface area contributed by atoms with E-state index in [0.717, 1.165) is 93.9 Å². The Morgan fingerprint density at radius 2 is 1.79 bits per heavy atom. The number of nitrogens with two attached hydrogens (primary N) is 1. The summed E-state index contributed by atoms with van der Waals surface area (Å²) >= 11 is 0. The van der Waals surface area contributed by atoms with Crippen LogP contribution in [0.4, 0.5) is 5.95 Å². The third kappa shape index (κ3) is 7.90. The average Bonchev–Trinajstić information content (AvgIpc) is 2.86. The first-order chi connectivity index (χ1) is 16.6. The Morgan fingerprint density at radius 1 is 1.06 bits per heavy atom. The molecule has 0 saturated carbocycles. The summed E-state index contributed by atoms with van der Waals surface area (Å²) in [5, 5.41) is 3.24. The molecule has 182 valence electrons. The highest BCUT2D eigenvalue weighted by Crippen LogP contribution is 2.26. The van der Waals surface area contributed by atoms with Crippen LogP contribution in [0.3, 0.4) is 0 Å². The number of rotatable bonds is 13. The maximum Gasteiger partial charge on any atom is 0.227 e. The van der Waals surface area contributed by atoms with Crippen LogP contribution in [0.15, 0.2) is 67.5 Å². The van der Waals surface area contributed by atoms with Crippen molar-refractivity contribution in [2.24, 2.45) is 5.73 Å². The SMILES string of the molecule is C=C/C=C(\C=C)Nc1ncc(-c2ccc(CN3CCN(C)CC3)cc2)c(CCCCCCN)n1. The van der Waals surface area contributed by atoms with Crippen LogP contribution in [-0.4, -0.2) is 59.5 Å². The fraction of sp³-hybridized carbons (Fsp3) is 0.429. The van der Waals surface area contributed by atoms with Gasteiger partial charge in [-0.3, -0.25) is 4.90 Å². The Hall–Kier alpha value is -2.80. The Kier molecular flexibility index (Phi) is 10.5. The average molecular weight is 461 g/mol. The predicted octanol–water partition coefficient (Wildman–Crippen LogP) is 4.62. The first kappa shape index (κ1) is 25.8. The molecule has 3 rings (SSSR count). The first-order valence-electron chi connectivity index (χ1n) is 12.4. The molecule has 1 aliphatic rings. The molecule has 6 nitrogen and oxygen atoms in total. The number of unbranched alkanes of at least 4 members (excludes halogenated alkanes) is 3. The van der Waals surface area contributed by atoms with Gasteiger partial charge in [0.2, 0.25) is 5.95 Å². The zero-order valence-corrected chi connectivity index (χ0v) is 20.7. The van der Waals surface area contributed by atoms with E-state index in [1.807, 2.05) is 12.3 Å². The van der Waals surface area contributed by atoms with Gasteiger partial charge in [-0.1, -0.05) is 56.3 Å². The number of nitrogens with zero attached hydrogens (tertiary/aromatic N) is 4. The summed E-state index contributed by atoms with van der Waals surface area (Å²) in [6.07, 6.45) is 12.6. The van der Waals surface area contributed by atoms with Gasteiger partial charge in [0.15, 0.2) is 0 Å². The number of anilines is 1. The number of hydrogen-bond donors (Lipinski definition) is 2. The van der Waals surface area contributed by atoms with Crippen LogP contribution in [0.2, 0.25) is 0 Å². The van der Waals surface area contributed by atoms with Crippen molar-refractivity contribution >= 4 is 5.95 Å². The Labute approximate surface area is 205 Å². The highest BCUT2D eigenvalue weighted by molar-refractivity contribution is 5.66. The molecule has 0 atom stereocenters.